The molecule has 1 aromatic heterocycles. The molecule has 0 fully saturated rings. The molecule has 6 nitrogen and oxygen atoms in total. The molecular formula is C17H17N5OS. The van der Waals surface area contributed by atoms with Crippen molar-refractivity contribution in [2.75, 3.05) is 16.9 Å². The number of rotatable bonds is 5. The number of nitrogen functional groups attached to an aromatic ring is 1. The molecule has 0 aliphatic carbocycles. The summed E-state index contributed by atoms with van der Waals surface area (Å²) in [6, 6.07) is 17.2. The van der Waals surface area contributed by atoms with Crippen LogP contribution in [0.25, 0.3) is 11.4 Å². The molecule has 1 amide bonds. The molecule has 0 saturated carbocycles. The SMILES string of the molecule is Cc1ccc(-c2nnc(SCC(=O)Nc3ccccc3)n2N)cc1. The van der Waals surface area contributed by atoms with Gasteiger partial charge >= 0.3 is 0 Å². The third-order valence-corrected chi connectivity index (χ3v) is 4.31. The van der Waals surface area contributed by atoms with E-state index in [1.54, 1.807) is 0 Å². The third kappa shape index (κ3) is 3.75. The molecule has 0 aliphatic heterocycles. The Morgan fingerprint density at radius 1 is 1.12 bits per heavy atom. The molecule has 2 aromatic carbocycles. The molecule has 0 radical (unpaired) electrons. The van der Waals surface area contributed by atoms with E-state index in [1.807, 2.05) is 61.5 Å². The molecule has 0 bridgehead atoms. The first-order valence-electron chi connectivity index (χ1n) is 7.39. The van der Waals surface area contributed by atoms with Crippen molar-refractivity contribution in [1.82, 2.24) is 14.9 Å². The monoisotopic (exact) mass is 339 g/mol. The van der Waals surface area contributed by atoms with Gasteiger partial charge in [-0.15, -0.1) is 10.2 Å². The van der Waals surface area contributed by atoms with Crippen molar-refractivity contribution in [2.45, 2.75) is 12.1 Å². The van der Waals surface area contributed by atoms with Crippen molar-refractivity contribution in [3.05, 3.63) is 60.2 Å². The maximum Gasteiger partial charge on any atom is 0.234 e. The quantitative estimate of drug-likeness (QED) is 0.551. The first-order chi connectivity index (χ1) is 11.6. The van der Waals surface area contributed by atoms with Crippen LogP contribution in [0.5, 0.6) is 0 Å². The van der Waals surface area contributed by atoms with Crippen molar-refractivity contribution in [2.24, 2.45) is 0 Å². The first-order valence-corrected chi connectivity index (χ1v) is 8.37. The number of hydrogen-bond donors (Lipinski definition) is 2. The van der Waals surface area contributed by atoms with Gasteiger partial charge < -0.3 is 11.2 Å². The highest BCUT2D eigenvalue weighted by Crippen LogP contribution is 2.22. The van der Waals surface area contributed by atoms with Crippen molar-refractivity contribution in [1.29, 1.82) is 0 Å². The summed E-state index contributed by atoms with van der Waals surface area (Å²) < 4.78 is 1.41. The summed E-state index contributed by atoms with van der Waals surface area (Å²) in [6.45, 7) is 2.02. The van der Waals surface area contributed by atoms with Gasteiger partial charge in [-0.05, 0) is 19.1 Å². The van der Waals surface area contributed by atoms with Crippen LogP contribution < -0.4 is 11.2 Å². The van der Waals surface area contributed by atoms with E-state index in [2.05, 4.69) is 15.5 Å². The van der Waals surface area contributed by atoms with Gasteiger partial charge in [-0.2, -0.15) is 0 Å². The predicted octanol–water partition coefficient (Wildman–Crippen LogP) is 2.70. The highest BCUT2D eigenvalue weighted by molar-refractivity contribution is 7.99. The van der Waals surface area contributed by atoms with E-state index < -0.39 is 0 Å². The molecule has 3 rings (SSSR count). The minimum atomic E-state index is -0.119. The van der Waals surface area contributed by atoms with Crippen LogP contribution in [0.3, 0.4) is 0 Å². The van der Waals surface area contributed by atoms with Gasteiger partial charge in [0.2, 0.25) is 11.1 Å². The summed E-state index contributed by atoms with van der Waals surface area (Å²) in [5.74, 6) is 6.71. The van der Waals surface area contributed by atoms with Crippen molar-refractivity contribution >= 4 is 23.4 Å². The second-order valence-corrected chi connectivity index (χ2v) is 6.19. The standard InChI is InChI=1S/C17H17N5OS/c1-12-7-9-13(10-8-12)16-20-21-17(22(16)18)24-11-15(23)19-14-5-3-2-4-6-14/h2-10H,11,18H2,1H3,(H,19,23). The highest BCUT2D eigenvalue weighted by atomic mass is 32.2. The number of benzene rings is 2. The number of amides is 1. The summed E-state index contributed by atoms with van der Waals surface area (Å²) >= 11 is 1.25. The van der Waals surface area contributed by atoms with Gasteiger partial charge in [-0.1, -0.05) is 59.8 Å². The minimum absolute atomic E-state index is 0.119. The summed E-state index contributed by atoms with van der Waals surface area (Å²) in [6.07, 6.45) is 0. The van der Waals surface area contributed by atoms with E-state index in [-0.39, 0.29) is 11.7 Å². The van der Waals surface area contributed by atoms with Gasteiger partial charge in [-0.3, -0.25) is 4.79 Å². The summed E-state index contributed by atoms with van der Waals surface area (Å²) in [7, 11) is 0. The second kappa shape index (κ2) is 7.18. The van der Waals surface area contributed by atoms with Crippen molar-refractivity contribution in [3.8, 4) is 11.4 Å². The molecule has 0 unspecified atom stereocenters. The summed E-state index contributed by atoms with van der Waals surface area (Å²) in [4.78, 5) is 12.0. The van der Waals surface area contributed by atoms with Crippen LogP contribution in [0.1, 0.15) is 5.56 Å². The Morgan fingerprint density at radius 2 is 1.83 bits per heavy atom. The van der Waals surface area contributed by atoms with Crippen LogP contribution in [0, 0.1) is 6.92 Å². The van der Waals surface area contributed by atoms with E-state index in [1.165, 1.54) is 16.4 Å². The van der Waals surface area contributed by atoms with Crippen LogP contribution >= 0.6 is 11.8 Å². The lowest BCUT2D eigenvalue weighted by molar-refractivity contribution is -0.113. The molecule has 24 heavy (non-hydrogen) atoms. The molecule has 3 aromatic rings. The number of para-hydroxylation sites is 1. The maximum atomic E-state index is 12.0. The maximum absolute atomic E-state index is 12.0. The van der Waals surface area contributed by atoms with Crippen molar-refractivity contribution < 1.29 is 4.79 Å². The number of carbonyl (C=O) groups is 1. The third-order valence-electron chi connectivity index (χ3n) is 3.36. The molecule has 7 heteroatoms. The van der Waals surface area contributed by atoms with Crippen LogP contribution in [-0.2, 0) is 4.79 Å². The molecule has 0 atom stereocenters. The fraction of sp³-hybridized carbons (Fsp3) is 0.118. The van der Waals surface area contributed by atoms with Gasteiger partial charge in [0.15, 0.2) is 5.82 Å². The Hall–Kier alpha value is -2.80. The lowest BCUT2D eigenvalue weighted by atomic mass is 10.1. The van der Waals surface area contributed by atoms with E-state index in [0.717, 1.165) is 16.8 Å². The lowest BCUT2D eigenvalue weighted by Crippen LogP contribution is -2.16. The summed E-state index contributed by atoms with van der Waals surface area (Å²) in [5, 5.41) is 11.5. The topological polar surface area (TPSA) is 85.8 Å². The number of nitrogens with zero attached hydrogens (tertiary/aromatic N) is 3. The molecule has 0 aliphatic rings. The average Bonchev–Trinajstić information content (AvgIpc) is 2.95. The number of nitrogens with one attached hydrogen (secondary N) is 1. The average molecular weight is 339 g/mol. The molecule has 0 saturated heterocycles. The molecule has 1 heterocycles. The van der Waals surface area contributed by atoms with Crippen LogP contribution in [0.4, 0.5) is 5.69 Å². The Bertz CT molecular complexity index is 830. The predicted molar refractivity (Wildman–Crippen MR) is 96.1 cm³/mol. The van der Waals surface area contributed by atoms with Crippen LogP contribution in [-0.4, -0.2) is 26.5 Å². The van der Waals surface area contributed by atoms with Gasteiger partial charge in [0.05, 0.1) is 5.75 Å². The second-order valence-electron chi connectivity index (χ2n) is 5.25. The Balaban J connectivity index is 1.64. The molecule has 122 valence electrons. The van der Waals surface area contributed by atoms with Crippen LogP contribution in [0.2, 0.25) is 0 Å². The lowest BCUT2D eigenvalue weighted by Gasteiger charge is -2.05. The van der Waals surface area contributed by atoms with Gasteiger partial charge in [0.1, 0.15) is 0 Å². The van der Waals surface area contributed by atoms with E-state index in [4.69, 9.17) is 5.84 Å². The summed E-state index contributed by atoms with van der Waals surface area (Å²) in [5.41, 5.74) is 2.81. The van der Waals surface area contributed by atoms with E-state index in [0.29, 0.717) is 11.0 Å². The zero-order valence-electron chi connectivity index (χ0n) is 13.1. The normalized spacial score (nSPS) is 10.5. The zero-order chi connectivity index (χ0) is 16.9. The molecule has 0 spiro atoms. The Kier molecular flexibility index (Phi) is 4.81. The van der Waals surface area contributed by atoms with E-state index >= 15 is 0 Å². The number of anilines is 1. The largest absolute Gasteiger partial charge is 0.335 e. The van der Waals surface area contributed by atoms with E-state index in [9.17, 15) is 4.79 Å². The number of aromatic nitrogens is 3. The number of carbonyl (C=O) groups excluding carboxylic acids is 1. The Labute approximate surface area is 144 Å². The Morgan fingerprint density at radius 3 is 2.54 bits per heavy atom. The molecular weight excluding hydrogens is 322 g/mol. The molecule has 3 N–H and O–H groups in total. The number of thioether (sulfide) groups is 1. The number of nitrogens with two attached hydrogens (primary N) is 1. The van der Waals surface area contributed by atoms with Gasteiger partial charge in [-0.25, -0.2) is 4.68 Å². The van der Waals surface area contributed by atoms with Gasteiger partial charge in [0, 0.05) is 11.3 Å². The first kappa shape index (κ1) is 16.1. The highest BCUT2D eigenvalue weighted by Gasteiger charge is 2.13. The fourth-order valence-corrected chi connectivity index (χ4v) is 2.78. The van der Waals surface area contributed by atoms with Crippen molar-refractivity contribution in [3.63, 3.8) is 0 Å². The van der Waals surface area contributed by atoms with Crippen LogP contribution in [0.15, 0.2) is 59.8 Å². The van der Waals surface area contributed by atoms with Gasteiger partial charge in [0.25, 0.3) is 0 Å². The number of hydrogen-bond acceptors (Lipinski definition) is 5. The number of aryl methyl sites for hydroxylation is 1. The minimum Gasteiger partial charge on any atom is -0.335 e. The smallest absolute Gasteiger partial charge is 0.234 e. The fourth-order valence-electron chi connectivity index (χ4n) is 2.12. The zero-order valence-corrected chi connectivity index (χ0v) is 14.0.